The molecule has 0 bridgehead atoms. The molecule has 0 spiro atoms. The Hall–Kier alpha value is -2.89. The number of carbonyl (C=O) groups excluding carboxylic acids is 1. The molecule has 0 radical (unpaired) electrons. The Morgan fingerprint density at radius 3 is 2.67 bits per heavy atom. The van der Waals surface area contributed by atoms with Crippen molar-refractivity contribution >= 4 is 5.91 Å². The van der Waals surface area contributed by atoms with Gasteiger partial charge >= 0.3 is 0 Å². The highest BCUT2D eigenvalue weighted by molar-refractivity contribution is 5.97. The second-order valence-electron chi connectivity index (χ2n) is 6.00. The van der Waals surface area contributed by atoms with Crippen LogP contribution >= 0.6 is 0 Å². The monoisotopic (exact) mass is 321 g/mol. The van der Waals surface area contributed by atoms with Gasteiger partial charge in [0.15, 0.2) is 0 Å². The van der Waals surface area contributed by atoms with Crippen molar-refractivity contribution in [1.82, 2.24) is 24.5 Å². The zero-order chi connectivity index (χ0) is 16.4. The Morgan fingerprint density at radius 2 is 1.88 bits per heavy atom. The Kier molecular flexibility index (Phi) is 3.86. The summed E-state index contributed by atoms with van der Waals surface area (Å²) in [5.74, 6) is 0.0537. The fraction of sp³-hybridized carbons (Fsp3) is 0.278. The number of para-hydroxylation sites is 1. The van der Waals surface area contributed by atoms with Gasteiger partial charge in [0.25, 0.3) is 5.91 Å². The highest BCUT2D eigenvalue weighted by Gasteiger charge is 2.27. The molecule has 0 aliphatic carbocycles. The molecule has 3 aromatic rings. The summed E-state index contributed by atoms with van der Waals surface area (Å²) < 4.78 is 3.70. The number of carbonyl (C=O) groups is 1. The summed E-state index contributed by atoms with van der Waals surface area (Å²) in [6, 6.07) is 11.6. The van der Waals surface area contributed by atoms with Crippen LogP contribution in [0.3, 0.4) is 0 Å². The lowest BCUT2D eigenvalue weighted by molar-refractivity contribution is 0.0673. The van der Waals surface area contributed by atoms with Gasteiger partial charge < -0.3 is 4.90 Å². The molecule has 1 aromatic carbocycles. The fourth-order valence-electron chi connectivity index (χ4n) is 3.29. The van der Waals surface area contributed by atoms with E-state index in [1.807, 2.05) is 58.4 Å². The third-order valence-electron chi connectivity index (χ3n) is 4.47. The van der Waals surface area contributed by atoms with Crippen LogP contribution in [0.4, 0.5) is 0 Å². The number of aromatic nitrogens is 4. The van der Waals surface area contributed by atoms with Gasteiger partial charge in [0, 0.05) is 37.9 Å². The van der Waals surface area contributed by atoms with Crippen molar-refractivity contribution in [3.05, 3.63) is 66.7 Å². The van der Waals surface area contributed by atoms with Gasteiger partial charge in [-0.2, -0.15) is 10.2 Å². The van der Waals surface area contributed by atoms with Crippen LogP contribution in [-0.4, -0.2) is 43.5 Å². The van der Waals surface area contributed by atoms with Crippen LogP contribution in [0.25, 0.3) is 5.69 Å². The van der Waals surface area contributed by atoms with Gasteiger partial charge in [-0.05, 0) is 37.1 Å². The van der Waals surface area contributed by atoms with Crippen molar-refractivity contribution in [2.24, 2.45) is 0 Å². The minimum Gasteiger partial charge on any atom is -0.336 e. The summed E-state index contributed by atoms with van der Waals surface area (Å²) in [5, 5.41) is 8.59. The van der Waals surface area contributed by atoms with Crippen LogP contribution in [0.15, 0.2) is 61.2 Å². The van der Waals surface area contributed by atoms with E-state index in [2.05, 4.69) is 10.2 Å². The lowest BCUT2D eigenvalue weighted by Crippen LogP contribution is -2.41. The second kappa shape index (κ2) is 6.31. The SMILES string of the molecule is O=C(c1ccccc1-n1cccn1)N1CCC[C@H](n2cccn2)C1. The molecule has 6 nitrogen and oxygen atoms in total. The predicted molar refractivity (Wildman–Crippen MR) is 90.0 cm³/mol. The molecule has 4 rings (SSSR count). The highest BCUT2D eigenvalue weighted by Crippen LogP contribution is 2.24. The molecular weight excluding hydrogens is 302 g/mol. The van der Waals surface area contributed by atoms with E-state index < -0.39 is 0 Å². The minimum absolute atomic E-state index is 0.0537. The molecule has 1 amide bonds. The Labute approximate surface area is 140 Å². The van der Waals surface area contributed by atoms with Crippen LogP contribution < -0.4 is 0 Å². The van der Waals surface area contributed by atoms with Crippen molar-refractivity contribution in [1.29, 1.82) is 0 Å². The summed E-state index contributed by atoms with van der Waals surface area (Å²) in [6.45, 7) is 1.47. The van der Waals surface area contributed by atoms with E-state index in [1.165, 1.54) is 0 Å². The van der Waals surface area contributed by atoms with E-state index in [4.69, 9.17) is 0 Å². The maximum Gasteiger partial charge on any atom is 0.256 e. The molecule has 3 heterocycles. The van der Waals surface area contributed by atoms with Crippen LogP contribution in [0.1, 0.15) is 29.2 Å². The number of rotatable bonds is 3. The van der Waals surface area contributed by atoms with Crippen LogP contribution in [0, 0.1) is 0 Å². The summed E-state index contributed by atoms with van der Waals surface area (Å²) in [7, 11) is 0. The summed E-state index contributed by atoms with van der Waals surface area (Å²) in [6.07, 6.45) is 9.36. The van der Waals surface area contributed by atoms with Gasteiger partial charge in [0.2, 0.25) is 0 Å². The van der Waals surface area contributed by atoms with Crippen molar-refractivity contribution in [3.8, 4) is 5.69 Å². The van der Waals surface area contributed by atoms with Gasteiger partial charge in [-0.1, -0.05) is 12.1 Å². The fourth-order valence-corrected chi connectivity index (χ4v) is 3.29. The molecule has 1 saturated heterocycles. The van der Waals surface area contributed by atoms with Gasteiger partial charge in [-0.3, -0.25) is 9.48 Å². The highest BCUT2D eigenvalue weighted by atomic mass is 16.2. The smallest absolute Gasteiger partial charge is 0.256 e. The molecular formula is C18H19N5O. The van der Waals surface area contributed by atoms with Crippen LogP contribution in [0.5, 0.6) is 0 Å². The molecule has 122 valence electrons. The molecule has 2 aromatic heterocycles. The summed E-state index contributed by atoms with van der Waals surface area (Å²) >= 11 is 0. The molecule has 24 heavy (non-hydrogen) atoms. The van der Waals surface area contributed by atoms with Crippen LogP contribution in [0.2, 0.25) is 0 Å². The third-order valence-corrected chi connectivity index (χ3v) is 4.47. The zero-order valence-corrected chi connectivity index (χ0v) is 13.3. The lowest BCUT2D eigenvalue weighted by Gasteiger charge is -2.33. The molecule has 1 fully saturated rings. The molecule has 1 atom stereocenters. The van der Waals surface area contributed by atoms with E-state index in [0.29, 0.717) is 12.1 Å². The Balaban J connectivity index is 1.60. The van der Waals surface area contributed by atoms with Crippen molar-refractivity contribution in [3.63, 3.8) is 0 Å². The maximum atomic E-state index is 13.1. The minimum atomic E-state index is 0.0537. The average Bonchev–Trinajstić information content (AvgIpc) is 3.35. The van der Waals surface area contributed by atoms with Gasteiger partial charge in [-0.15, -0.1) is 0 Å². The van der Waals surface area contributed by atoms with E-state index in [1.54, 1.807) is 17.1 Å². The van der Waals surface area contributed by atoms with E-state index in [9.17, 15) is 4.79 Å². The Morgan fingerprint density at radius 1 is 1.04 bits per heavy atom. The van der Waals surface area contributed by atoms with Gasteiger partial charge in [0.05, 0.1) is 17.3 Å². The summed E-state index contributed by atoms with van der Waals surface area (Å²) in [5.41, 5.74) is 1.50. The van der Waals surface area contributed by atoms with Crippen LogP contribution in [-0.2, 0) is 0 Å². The average molecular weight is 321 g/mol. The molecule has 1 aliphatic rings. The number of nitrogens with zero attached hydrogens (tertiary/aromatic N) is 5. The van der Waals surface area contributed by atoms with Crippen molar-refractivity contribution < 1.29 is 4.79 Å². The molecule has 6 heteroatoms. The Bertz CT molecular complexity index is 810. The van der Waals surface area contributed by atoms with Gasteiger partial charge in [0.1, 0.15) is 0 Å². The molecule has 1 aliphatic heterocycles. The molecule has 0 unspecified atom stereocenters. The third kappa shape index (κ3) is 2.71. The number of likely N-dealkylation sites (tertiary alicyclic amines) is 1. The van der Waals surface area contributed by atoms with Crippen molar-refractivity contribution in [2.45, 2.75) is 18.9 Å². The zero-order valence-electron chi connectivity index (χ0n) is 13.3. The second-order valence-corrected chi connectivity index (χ2v) is 6.00. The van der Waals surface area contributed by atoms with E-state index in [-0.39, 0.29) is 11.9 Å². The first-order valence-electron chi connectivity index (χ1n) is 8.20. The lowest BCUT2D eigenvalue weighted by atomic mass is 10.0. The maximum absolute atomic E-state index is 13.1. The van der Waals surface area contributed by atoms with Gasteiger partial charge in [-0.25, -0.2) is 4.68 Å². The number of benzene rings is 1. The van der Waals surface area contributed by atoms with E-state index in [0.717, 1.165) is 25.1 Å². The summed E-state index contributed by atoms with van der Waals surface area (Å²) in [4.78, 5) is 15.0. The number of hydrogen-bond donors (Lipinski definition) is 0. The first-order valence-corrected chi connectivity index (χ1v) is 8.20. The molecule has 0 N–H and O–H groups in total. The number of hydrogen-bond acceptors (Lipinski definition) is 3. The quantitative estimate of drug-likeness (QED) is 0.745. The predicted octanol–water partition coefficient (Wildman–Crippen LogP) is 2.55. The normalized spacial score (nSPS) is 17.8. The molecule has 0 saturated carbocycles. The topological polar surface area (TPSA) is 56.0 Å². The standard InChI is InChI=1S/C18H19N5O/c24-18(16-7-1-2-8-17(16)23-13-5-10-20-23)21-11-3-6-15(14-21)22-12-4-9-19-22/h1-2,4-5,7-10,12-13,15H,3,6,11,14H2/t15-/m0/s1. The largest absolute Gasteiger partial charge is 0.336 e. The first kappa shape index (κ1) is 14.7. The first-order chi connectivity index (χ1) is 11.8. The van der Waals surface area contributed by atoms with Crippen molar-refractivity contribution in [2.75, 3.05) is 13.1 Å². The number of piperidine rings is 1. The number of amides is 1. The van der Waals surface area contributed by atoms with E-state index >= 15 is 0 Å².